The molecule has 0 aliphatic heterocycles. The van der Waals surface area contributed by atoms with Crippen molar-refractivity contribution < 1.29 is 27.5 Å². The summed E-state index contributed by atoms with van der Waals surface area (Å²) in [6.45, 7) is 0.230. The van der Waals surface area contributed by atoms with Crippen LogP contribution in [0.5, 0.6) is 0 Å². The van der Waals surface area contributed by atoms with Gasteiger partial charge >= 0.3 is 0 Å². The number of benzene rings is 1. The van der Waals surface area contributed by atoms with Gasteiger partial charge in [-0.1, -0.05) is 0 Å². The Morgan fingerprint density at radius 1 is 1.15 bits per heavy atom. The number of carbonyl (C=O) groups excluding carboxylic acids is 1. The quantitative estimate of drug-likeness (QED) is 0.351. The lowest BCUT2D eigenvalue weighted by Crippen LogP contribution is -2.27. The second-order valence-corrected chi connectivity index (χ2v) is 5.02. The molecular weight excluding hydrogens is 298 g/mol. The van der Waals surface area contributed by atoms with E-state index in [-0.39, 0.29) is 13.2 Å². The number of rotatable bonds is 7. The van der Waals surface area contributed by atoms with E-state index < -0.39 is 34.7 Å². The SMILES string of the molecule is O=C(NCCSCCCO)c1cc(F)c(F)c(F)c1F. The monoisotopic (exact) mass is 311 g/mol. The Morgan fingerprint density at radius 3 is 2.50 bits per heavy atom. The van der Waals surface area contributed by atoms with Gasteiger partial charge < -0.3 is 10.4 Å². The first-order chi connectivity index (χ1) is 9.49. The normalized spacial score (nSPS) is 10.7. The van der Waals surface area contributed by atoms with Crippen LogP contribution in [0, 0.1) is 23.3 Å². The van der Waals surface area contributed by atoms with Gasteiger partial charge in [0.25, 0.3) is 5.91 Å². The van der Waals surface area contributed by atoms with Crippen LogP contribution in [0.2, 0.25) is 0 Å². The minimum Gasteiger partial charge on any atom is -0.396 e. The average molecular weight is 311 g/mol. The molecule has 0 saturated heterocycles. The summed E-state index contributed by atoms with van der Waals surface area (Å²) in [6, 6.07) is 0.321. The summed E-state index contributed by atoms with van der Waals surface area (Å²) >= 11 is 1.45. The molecule has 0 atom stereocenters. The molecule has 0 fully saturated rings. The van der Waals surface area contributed by atoms with Gasteiger partial charge in [0.15, 0.2) is 23.3 Å². The number of carbonyl (C=O) groups is 1. The molecule has 1 aromatic rings. The third-order valence-corrected chi connectivity index (χ3v) is 3.40. The van der Waals surface area contributed by atoms with Gasteiger partial charge in [0.1, 0.15) is 0 Å². The molecule has 0 spiro atoms. The highest BCUT2D eigenvalue weighted by Gasteiger charge is 2.22. The van der Waals surface area contributed by atoms with Crippen molar-refractivity contribution in [3.05, 3.63) is 34.9 Å². The van der Waals surface area contributed by atoms with Gasteiger partial charge in [-0.05, 0) is 18.2 Å². The van der Waals surface area contributed by atoms with Crippen LogP contribution in [0.25, 0.3) is 0 Å². The first-order valence-electron chi connectivity index (χ1n) is 5.78. The number of amides is 1. The zero-order valence-electron chi connectivity index (χ0n) is 10.4. The van der Waals surface area contributed by atoms with Gasteiger partial charge in [-0.25, -0.2) is 17.6 Å². The van der Waals surface area contributed by atoms with Crippen molar-refractivity contribution in [2.24, 2.45) is 0 Å². The summed E-state index contributed by atoms with van der Waals surface area (Å²) in [4.78, 5) is 11.5. The van der Waals surface area contributed by atoms with Crippen LogP contribution in [0.15, 0.2) is 6.07 Å². The molecule has 2 N–H and O–H groups in total. The summed E-state index contributed by atoms with van der Waals surface area (Å²) in [6.07, 6.45) is 0.613. The number of aliphatic hydroxyl groups excluding tert-OH is 1. The molecule has 1 amide bonds. The molecule has 112 valence electrons. The molecule has 0 saturated carbocycles. The third-order valence-electron chi connectivity index (χ3n) is 2.33. The van der Waals surface area contributed by atoms with Crippen molar-refractivity contribution in [3.63, 3.8) is 0 Å². The Morgan fingerprint density at radius 2 is 1.85 bits per heavy atom. The van der Waals surface area contributed by atoms with Gasteiger partial charge in [0.2, 0.25) is 0 Å². The molecule has 0 bridgehead atoms. The predicted octanol–water partition coefficient (Wildman–Crippen LogP) is 2.09. The standard InChI is InChI=1S/C12H13F4NO2S/c13-8-6-7(9(14)11(16)10(8)15)12(19)17-2-5-20-4-1-3-18/h6,18H,1-5H2,(H,17,19). The summed E-state index contributed by atoms with van der Waals surface area (Å²) in [5.41, 5.74) is -0.873. The number of aliphatic hydroxyl groups is 1. The van der Waals surface area contributed by atoms with E-state index in [2.05, 4.69) is 5.32 Å². The van der Waals surface area contributed by atoms with Crippen LogP contribution in [0.1, 0.15) is 16.8 Å². The Balaban J connectivity index is 2.56. The fraction of sp³-hybridized carbons (Fsp3) is 0.417. The van der Waals surface area contributed by atoms with E-state index in [1.807, 2.05) is 0 Å². The lowest BCUT2D eigenvalue weighted by Gasteiger charge is -2.07. The predicted molar refractivity (Wildman–Crippen MR) is 67.6 cm³/mol. The topological polar surface area (TPSA) is 49.3 Å². The van der Waals surface area contributed by atoms with E-state index in [0.29, 0.717) is 24.0 Å². The number of hydrogen-bond donors (Lipinski definition) is 2. The Labute approximate surface area is 117 Å². The molecule has 0 unspecified atom stereocenters. The molecule has 0 heterocycles. The van der Waals surface area contributed by atoms with Crippen molar-refractivity contribution in [2.45, 2.75) is 6.42 Å². The molecule has 1 rings (SSSR count). The van der Waals surface area contributed by atoms with Crippen molar-refractivity contribution >= 4 is 17.7 Å². The zero-order valence-corrected chi connectivity index (χ0v) is 11.2. The minimum absolute atomic E-state index is 0.0682. The van der Waals surface area contributed by atoms with E-state index in [9.17, 15) is 22.4 Å². The molecular formula is C12H13F4NO2S. The van der Waals surface area contributed by atoms with Gasteiger partial charge in [-0.3, -0.25) is 4.79 Å². The van der Waals surface area contributed by atoms with E-state index >= 15 is 0 Å². The van der Waals surface area contributed by atoms with Crippen molar-refractivity contribution in [3.8, 4) is 0 Å². The van der Waals surface area contributed by atoms with Crippen LogP contribution >= 0.6 is 11.8 Å². The summed E-state index contributed by atoms with van der Waals surface area (Å²) in [5.74, 6) is -7.10. The molecule has 0 aliphatic carbocycles. The summed E-state index contributed by atoms with van der Waals surface area (Å²) < 4.78 is 51.9. The maximum absolute atomic E-state index is 13.3. The highest BCUT2D eigenvalue weighted by Crippen LogP contribution is 2.18. The van der Waals surface area contributed by atoms with Gasteiger partial charge in [-0.2, -0.15) is 11.8 Å². The second kappa shape index (κ2) is 8.11. The number of thioether (sulfide) groups is 1. The molecule has 0 radical (unpaired) electrons. The number of halogens is 4. The lowest BCUT2D eigenvalue weighted by atomic mass is 10.1. The van der Waals surface area contributed by atoms with Gasteiger partial charge in [0.05, 0.1) is 5.56 Å². The maximum atomic E-state index is 13.3. The minimum atomic E-state index is -2.01. The molecule has 8 heteroatoms. The first-order valence-corrected chi connectivity index (χ1v) is 6.94. The zero-order chi connectivity index (χ0) is 15.1. The lowest BCUT2D eigenvalue weighted by molar-refractivity contribution is 0.0950. The summed E-state index contributed by atoms with van der Waals surface area (Å²) in [7, 11) is 0. The van der Waals surface area contributed by atoms with E-state index in [1.54, 1.807) is 0 Å². The molecule has 0 aliphatic rings. The van der Waals surface area contributed by atoms with E-state index in [4.69, 9.17) is 5.11 Å². The van der Waals surface area contributed by atoms with E-state index in [1.165, 1.54) is 11.8 Å². The van der Waals surface area contributed by atoms with Crippen molar-refractivity contribution in [2.75, 3.05) is 24.7 Å². The van der Waals surface area contributed by atoms with Crippen molar-refractivity contribution in [1.29, 1.82) is 0 Å². The molecule has 0 aromatic heterocycles. The van der Waals surface area contributed by atoms with Gasteiger partial charge in [-0.15, -0.1) is 0 Å². The smallest absolute Gasteiger partial charge is 0.254 e. The molecule has 1 aromatic carbocycles. The molecule has 20 heavy (non-hydrogen) atoms. The largest absolute Gasteiger partial charge is 0.396 e. The number of nitrogens with one attached hydrogen (secondary N) is 1. The van der Waals surface area contributed by atoms with E-state index in [0.717, 1.165) is 0 Å². The molecule has 3 nitrogen and oxygen atoms in total. The third kappa shape index (κ3) is 4.38. The second-order valence-electron chi connectivity index (χ2n) is 3.79. The van der Waals surface area contributed by atoms with Crippen molar-refractivity contribution in [1.82, 2.24) is 5.32 Å². The highest BCUT2D eigenvalue weighted by molar-refractivity contribution is 7.99. The first kappa shape index (κ1) is 16.8. The average Bonchev–Trinajstić information content (AvgIpc) is 2.44. The number of hydrogen-bond acceptors (Lipinski definition) is 3. The van der Waals surface area contributed by atoms with Crippen LogP contribution < -0.4 is 5.32 Å². The summed E-state index contributed by atoms with van der Waals surface area (Å²) in [5, 5.41) is 10.8. The highest BCUT2D eigenvalue weighted by atomic mass is 32.2. The maximum Gasteiger partial charge on any atom is 0.254 e. The van der Waals surface area contributed by atoms with Crippen LogP contribution in [-0.2, 0) is 0 Å². The Bertz CT molecular complexity index is 485. The fourth-order valence-electron chi connectivity index (χ4n) is 1.34. The fourth-order valence-corrected chi connectivity index (χ4v) is 2.12. The van der Waals surface area contributed by atoms with Crippen LogP contribution in [0.4, 0.5) is 17.6 Å². The Kier molecular flexibility index (Phi) is 6.80. The van der Waals surface area contributed by atoms with Crippen LogP contribution in [0.3, 0.4) is 0 Å². The Hall–Kier alpha value is -1.28. The van der Waals surface area contributed by atoms with Crippen LogP contribution in [-0.4, -0.2) is 35.7 Å². The van der Waals surface area contributed by atoms with Gasteiger partial charge in [0, 0.05) is 18.9 Å².